The lowest BCUT2D eigenvalue weighted by molar-refractivity contribution is -0.115. The second-order valence-corrected chi connectivity index (χ2v) is 7.31. The Labute approximate surface area is 182 Å². The first-order chi connectivity index (χ1) is 14.4. The average molecular weight is 431 g/mol. The van der Waals surface area contributed by atoms with Crippen molar-refractivity contribution in [2.24, 2.45) is 0 Å². The molecule has 3 N–H and O–H groups in total. The van der Waals surface area contributed by atoms with E-state index in [1.165, 1.54) is 35.0 Å². The lowest BCUT2D eigenvalue weighted by Gasteiger charge is -2.21. The molecule has 0 saturated heterocycles. The Morgan fingerprint density at radius 3 is 1.65 bits per heavy atom. The molecule has 0 unspecified atom stereocenters. The van der Waals surface area contributed by atoms with Crippen molar-refractivity contribution in [2.75, 3.05) is 24.9 Å². The summed E-state index contributed by atoms with van der Waals surface area (Å²) in [7, 11) is 3.02. The standard InChI is InChI=1S/C12H17NO3.C11H13NO3/c1-8(14)13-9-5-6-10(12(2,3)15)11(7-9)16-4;1-7(13)10-5-4-9(12-8(2)14)6-11(10)15-3/h5-7,15H,1-4H3,(H,13,14);4-6H,1-3H3,(H,12,14). The number of nitrogens with one attached hydrogen (secondary N) is 2. The predicted octanol–water partition coefficient (Wildman–Crippen LogP) is 3.74. The number of benzene rings is 2. The second-order valence-electron chi connectivity index (χ2n) is 7.31. The summed E-state index contributed by atoms with van der Waals surface area (Å²) in [5.74, 6) is 0.652. The summed E-state index contributed by atoms with van der Waals surface area (Å²) in [5.41, 5.74) is 1.48. The molecule has 0 fully saturated rings. The molecule has 0 bridgehead atoms. The molecular weight excluding hydrogens is 400 g/mol. The van der Waals surface area contributed by atoms with Gasteiger partial charge in [0.2, 0.25) is 11.8 Å². The van der Waals surface area contributed by atoms with Crippen LogP contribution in [0.3, 0.4) is 0 Å². The molecule has 0 saturated carbocycles. The third kappa shape index (κ3) is 8.10. The van der Waals surface area contributed by atoms with Crippen LogP contribution in [0.5, 0.6) is 11.5 Å². The maximum atomic E-state index is 11.2. The van der Waals surface area contributed by atoms with Gasteiger partial charge < -0.3 is 25.2 Å². The van der Waals surface area contributed by atoms with Gasteiger partial charge in [-0.3, -0.25) is 14.4 Å². The Hall–Kier alpha value is -3.39. The maximum Gasteiger partial charge on any atom is 0.221 e. The molecule has 0 aliphatic carbocycles. The van der Waals surface area contributed by atoms with Gasteiger partial charge in [-0.1, -0.05) is 6.07 Å². The molecule has 31 heavy (non-hydrogen) atoms. The van der Waals surface area contributed by atoms with Crippen LogP contribution in [0.4, 0.5) is 11.4 Å². The van der Waals surface area contributed by atoms with Crippen molar-refractivity contribution >= 4 is 29.0 Å². The molecule has 0 radical (unpaired) electrons. The molecule has 8 nitrogen and oxygen atoms in total. The van der Waals surface area contributed by atoms with Crippen LogP contribution >= 0.6 is 0 Å². The zero-order valence-corrected chi connectivity index (χ0v) is 19.0. The van der Waals surface area contributed by atoms with Crippen LogP contribution in [-0.2, 0) is 15.2 Å². The largest absolute Gasteiger partial charge is 0.496 e. The maximum absolute atomic E-state index is 11.2. The zero-order chi connectivity index (χ0) is 23.8. The van der Waals surface area contributed by atoms with E-state index in [-0.39, 0.29) is 17.6 Å². The summed E-state index contributed by atoms with van der Waals surface area (Å²) in [6.07, 6.45) is 0. The monoisotopic (exact) mass is 430 g/mol. The molecule has 0 aromatic heterocycles. The number of Topliss-reactive ketones (excluding diaryl/α,β-unsaturated/α-hetero) is 1. The second kappa shape index (κ2) is 11.1. The van der Waals surface area contributed by atoms with Crippen LogP contribution in [0.1, 0.15) is 50.5 Å². The predicted molar refractivity (Wildman–Crippen MR) is 120 cm³/mol. The van der Waals surface area contributed by atoms with Crippen molar-refractivity contribution in [2.45, 2.75) is 40.2 Å². The fourth-order valence-corrected chi connectivity index (χ4v) is 2.74. The van der Waals surface area contributed by atoms with Gasteiger partial charge in [0, 0.05) is 42.9 Å². The number of ketones is 1. The molecule has 168 valence electrons. The number of carbonyl (C=O) groups excluding carboxylic acids is 3. The third-order valence-corrected chi connectivity index (χ3v) is 4.08. The van der Waals surface area contributed by atoms with E-state index < -0.39 is 5.60 Å². The van der Waals surface area contributed by atoms with E-state index in [0.29, 0.717) is 34.0 Å². The Kier molecular flexibility index (Phi) is 9.20. The van der Waals surface area contributed by atoms with Crippen molar-refractivity contribution in [1.29, 1.82) is 0 Å². The van der Waals surface area contributed by atoms with E-state index in [1.54, 1.807) is 50.2 Å². The highest BCUT2D eigenvalue weighted by Gasteiger charge is 2.21. The van der Waals surface area contributed by atoms with E-state index in [1.807, 2.05) is 0 Å². The van der Waals surface area contributed by atoms with E-state index >= 15 is 0 Å². The van der Waals surface area contributed by atoms with Gasteiger partial charge in [-0.05, 0) is 39.0 Å². The number of anilines is 2. The first-order valence-electron chi connectivity index (χ1n) is 9.54. The molecule has 0 aliphatic rings. The summed E-state index contributed by atoms with van der Waals surface area (Å²) >= 11 is 0. The third-order valence-electron chi connectivity index (χ3n) is 4.08. The summed E-state index contributed by atoms with van der Waals surface area (Å²) in [6.45, 7) is 7.70. The zero-order valence-electron chi connectivity index (χ0n) is 19.0. The molecule has 0 heterocycles. The minimum Gasteiger partial charge on any atom is -0.496 e. The fraction of sp³-hybridized carbons (Fsp3) is 0.348. The topological polar surface area (TPSA) is 114 Å². The molecule has 2 aromatic carbocycles. The van der Waals surface area contributed by atoms with E-state index in [0.717, 1.165) is 0 Å². The van der Waals surface area contributed by atoms with E-state index in [9.17, 15) is 19.5 Å². The summed E-state index contributed by atoms with van der Waals surface area (Å²) in [5, 5.41) is 15.2. The van der Waals surface area contributed by atoms with Gasteiger partial charge in [-0.2, -0.15) is 0 Å². The first kappa shape index (κ1) is 25.6. The van der Waals surface area contributed by atoms with Crippen molar-refractivity contribution in [3.63, 3.8) is 0 Å². The normalized spacial score (nSPS) is 10.3. The minimum atomic E-state index is -0.972. The molecule has 2 amide bonds. The number of methoxy groups -OCH3 is 2. The number of amides is 2. The van der Waals surface area contributed by atoms with Gasteiger partial charge in [0.15, 0.2) is 5.78 Å². The molecule has 8 heteroatoms. The van der Waals surface area contributed by atoms with Crippen LogP contribution in [0, 0.1) is 0 Å². The molecular formula is C23H30N2O6. The lowest BCUT2D eigenvalue weighted by Crippen LogP contribution is -2.17. The van der Waals surface area contributed by atoms with Crippen molar-refractivity contribution in [3.05, 3.63) is 47.5 Å². The highest BCUT2D eigenvalue weighted by molar-refractivity contribution is 5.98. The lowest BCUT2D eigenvalue weighted by atomic mass is 9.97. The van der Waals surface area contributed by atoms with Crippen LogP contribution in [0.25, 0.3) is 0 Å². The van der Waals surface area contributed by atoms with Crippen molar-refractivity contribution in [1.82, 2.24) is 0 Å². The Bertz CT molecular complexity index is 948. The SMILES string of the molecule is COc1cc(NC(C)=O)ccc1C(C)(C)O.COc1cc(NC(C)=O)ccc1C(C)=O. The smallest absolute Gasteiger partial charge is 0.221 e. The molecule has 2 aromatic rings. The molecule has 0 atom stereocenters. The minimum absolute atomic E-state index is 0.0683. The van der Waals surface area contributed by atoms with Gasteiger partial charge in [-0.15, -0.1) is 0 Å². The number of hydrogen-bond acceptors (Lipinski definition) is 6. The van der Waals surface area contributed by atoms with Crippen LogP contribution < -0.4 is 20.1 Å². The van der Waals surface area contributed by atoms with Crippen molar-refractivity contribution in [3.8, 4) is 11.5 Å². The van der Waals surface area contributed by atoms with Gasteiger partial charge in [0.05, 0.1) is 25.4 Å². The number of hydrogen-bond donors (Lipinski definition) is 3. The fourth-order valence-electron chi connectivity index (χ4n) is 2.74. The van der Waals surface area contributed by atoms with Crippen LogP contribution in [0.2, 0.25) is 0 Å². The van der Waals surface area contributed by atoms with Crippen LogP contribution in [-0.4, -0.2) is 36.9 Å². The summed E-state index contributed by atoms with van der Waals surface area (Å²) in [4.78, 5) is 32.9. The molecule has 0 aliphatic heterocycles. The highest BCUT2D eigenvalue weighted by atomic mass is 16.5. The van der Waals surface area contributed by atoms with Crippen LogP contribution in [0.15, 0.2) is 36.4 Å². The Morgan fingerprint density at radius 2 is 1.26 bits per heavy atom. The molecule has 2 rings (SSSR count). The summed E-state index contributed by atoms with van der Waals surface area (Å²) in [6, 6.07) is 10.1. The number of rotatable bonds is 6. The Balaban J connectivity index is 0.000000311. The van der Waals surface area contributed by atoms with Gasteiger partial charge >= 0.3 is 0 Å². The number of aliphatic hydroxyl groups is 1. The number of carbonyl (C=O) groups is 3. The van der Waals surface area contributed by atoms with Crippen molar-refractivity contribution < 1.29 is 29.0 Å². The highest BCUT2D eigenvalue weighted by Crippen LogP contribution is 2.31. The summed E-state index contributed by atoms with van der Waals surface area (Å²) < 4.78 is 10.2. The molecule has 0 spiro atoms. The van der Waals surface area contributed by atoms with Gasteiger partial charge in [-0.25, -0.2) is 0 Å². The van der Waals surface area contributed by atoms with E-state index in [4.69, 9.17) is 9.47 Å². The van der Waals surface area contributed by atoms with E-state index in [2.05, 4.69) is 10.6 Å². The van der Waals surface area contributed by atoms with Gasteiger partial charge in [0.25, 0.3) is 0 Å². The average Bonchev–Trinajstić information content (AvgIpc) is 2.66. The quantitative estimate of drug-likeness (QED) is 0.602. The number of ether oxygens (including phenoxy) is 2. The first-order valence-corrected chi connectivity index (χ1v) is 9.54. The van der Waals surface area contributed by atoms with Gasteiger partial charge in [0.1, 0.15) is 11.5 Å². The Morgan fingerprint density at radius 1 is 0.806 bits per heavy atom.